The smallest absolute Gasteiger partial charge is 0.217 e. The molecule has 1 aromatic carbocycles. The molecule has 0 aromatic heterocycles. The van der Waals surface area contributed by atoms with E-state index in [1.54, 1.807) is 0 Å². The number of piperidine rings is 1. The summed E-state index contributed by atoms with van der Waals surface area (Å²) in [6.45, 7) is 3.83. The third-order valence-electron chi connectivity index (χ3n) is 4.13. The Kier molecular flexibility index (Phi) is 5.01. The molecular weight excluding hydrogens is 252 g/mol. The van der Waals surface area contributed by atoms with Gasteiger partial charge in [0.05, 0.1) is 6.10 Å². The van der Waals surface area contributed by atoms with Crippen LogP contribution in [0.4, 0.5) is 5.69 Å². The van der Waals surface area contributed by atoms with Gasteiger partial charge in [0.1, 0.15) is 0 Å². The maximum Gasteiger partial charge on any atom is 0.217 e. The zero-order valence-electron chi connectivity index (χ0n) is 12.1. The number of anilines is 1. The van der Waals surface area contributed by atoms with E-state index in [2.05, 4.69) is 11.0 Å². The van der Waals surface area contributed by atoms with E-state index in [1.165, 1.54) is 0 Å². The lowest BCUT2D eigenvalue weighted by molar-refractivity contribution is -0.119. The van der Waals surface area contributed by atoms with Crippen LogP contribution in [0.1, 0.15) is 44.3 Å². The molecule has 1 heterocycles. The van der Waals surface area contributed by atoms with Gasteiger partial charge in [-0.25, -0.2) is 0 Å². The molecule has 4 nitrogen and oxygen atoms in total. The summed E-state index contributed by atoms with van der Waals surface area (Å²) in [5.74, 6) is 0.206. The Labute approximate surface area is 120 Å². The number of rotatable bonds is 5. The van der Waals surface area contributed by atoms with Crippen molar-refractivity contribution in [1.82, 2.24) is 0 Å². The van der Waals surface area contributed by atoms with E-state index < -0.39 is 6.10 Å². The van der Waals surface area contributed by atoms with Gasteiger partial charge in [-0.1, -0.05) is 25.1 Å². The van der Waals surface area contributed by atoms with Crippen LogP contribution in [-0.4, -0.2) is 24.1 Å². The molecule has 3 N–H and O–H groups in total. The third-order valence-corrected chi connectivity index (χ3v) is 4.13. The Morgan fingerprint density at radius 2 is 2.05 bits per heavy atom. The summed E-state index contributed by atoms with van der Waals surface area (Å²) < 4.78 is 0. The summed E-state index contributed by atoms with van der Waals surface area (Å²) in [4.78, 5) is 13.3. The molecule has 1 atom stereocenters. The van der Waals surface area contributed by atoms with Crippen LogP contribution in [0.5, 0.6) is 0 Å². The SMILES string of the molecule is CC[C@H](O)c1ccccc1N1CCC(CC(N)=O)CC1. The number of amides is 1. The lowest BCUT2D eigenvalue weighted by Crippen LogP contribution is -2.35. The first-order valence-corrected chi connectivity index (χ1v) is 7.42. The topological polar surface area (TPSA) is 66.6 Å². The van der Waals surface area contributed by atoms with Crippen LogP contribution in [0.25, 0.3) is 0 Å². The second-order valence-corrected chi connectivity index (χ2v) is 5.58. The first kappa shape index (κ1) is 14.9. The van der Waals surface area contributed by atoms with Crippen molar-refractivity contribution >= 4 is 11.6 Å². The van der Waals surface area contributed by atoms with Crippen LogP contribution in [0, 0.1) is 5.92 Å². The van der Waals surface area contributed by atoms with Gasteiger partial charge in [-0.15, -0.1) is 0 Å². The fourth-order valence-corrected chi connectivity index (χ4v) is 2.94. The normalized spacial score (nSPS) is 18.0. The van der Waals surface area contributed by atoms with Gasteiger partial charge in [0.2, 0.25) is 5.91 Å². The summed E-state index contributed by atoms with van der Waals surface area (Å²) in [7, 11) is 0. The first-order chi connectivity index (χ1) is 9.61. The summed E-state index contributed by atoms with van der Waals surface area (Å²) in [6, 6.07) is 8.05. The van der Waals surface area contributed by atoms with Gasteiger partial charge in [-0.3, -0.25) is 4.79 Å². The van der Waals surface area contributed by atoms with Crippen LogP contribution in [0.2, 0.25) is 0 Å². The van der Waals surface area contributed by atoms with Crippen molar-refractivity contribution in [3.8, 4) is 0 Å². The van der Waals surface area contributed by atoms with E-state index >= 15 is 0 Å². The van der Waals surface area contributed by atoms with Crippen molar-refractivity contribution in [2.24, 2.45) is 11.7 Å². The molecule has 1 aliphatic heterocycles. The number of carbonyl (C=O) groups is 1. The third kappa shape index (κ3) is 3.51. The Morgan fingerprint density at radius 1 is 1.40 bits per heavy atom. The minimum Gasteiger partial charge on any atom is -0.388 e. The maximum absolute atomic E-state index is 11.0. The highest BCUT2D eigenvalue weighted by Crippen LogP contribution is 2.31. The standard InChI is InChI=1S/C16H24N2O2/c1-2-15(19)13-5-3-4-6-14(13)18-9-7-12(8-10-18)11-16(17)20/h3-6,12,15,19H,2,7-11H2,1H3,(H2,17,20)/t15-/m0/s1. The second kappa shape index (κ2) is 6.75. The van der Waals surface area contributed by atoms with Crippen LogP contribution in [-0.2, 0) is 4.79 Å². The molecule has 0 spiro atoms. The second-order valence-electron chi connectivity index (χ2n) is 5.58. The zero-order chi connectivity index (χ0) is 14.5. The number of carbonyl (C=O) groups excluding carboxylic acids is 1. The lowest BCUT2D eigenvalue weighted by Gasteiger charge is -2.35. The fraction of sp³-hybridized carbons (Fsp3) is 0.562. The Hall–Kier alpha value is -1.55. The summed E-state index contributed by atoms with van der Waals surface area (Å²) >= 11 is 0. The minimum absolute atomic E-state index is 0.203. The molecule has 1 saturated heterocycles. The van der Waals surface area contributed by atoms with Crippen molar-refractivity contribution in [2.75, 3.05) is 18.0 Å². The molecular formula is C16H24N2O2. The number of para-hydroxylation sites is 1. The van der Waals surface area contributed by atoms with Gasteiger partial charge in [-0.2, -0.15) is 0 Å². The van der Waals surface area contributed by atoms with E-state index in [0.29, 0.717) is 12.3 Å². The van der Waals surface area contributed by atoms with E-state index in [-0.39, 0.29) is 5.91 Å². The number of aliphatic hydroxyl groups excluding tert-OH is 1. The molecule has 1 aliphatic rings. The average molecular weight is 276 g/mol. The molecule has 0 aliphatic carbocycles. The highest BCUT2D eigenvalue weighted by molar-refractivity contribution is 5.74. The summed E-state index contributed by atoms with van der Waals surface area (Å²) in [5.41, 5.74) is 7.39. The predicted octanol–water partition coefficient (Wildman–Crippen LogP) is 2.22. The first-order valence-electron chi connectivity index (χ1n) is 7.42. The van der Waals surface area contributed by atoms with Gasteiger partial charge in [0, 0.05) is 30.8 Å². The molecule has 1 amide bonds. The Balaban J connectivity index is 2.05. The van der Waals surface area contributed by atoms with Gasteiger partial charge >= 0.3 is 0 Å². The number of nitrogens with zero attached hydrogens (tertiary/aromatic N) is 1. The van der Waals surface area contributed by atoms with Crippen molar-refractivity contribution in [2.45, 2.75) is 38.7 Å². The van der Waals surface area contributed by atoms with Crippen LogP contribution >= 0.6 is 0 Å². The van der Waals surface area contributed by atoms with Crippen LogP contribution in [0.3, 0.4) is 0 Å². The molecule has 0 saturated carbocycles. The lowest BCUT2D eigenvalue weighted by atomic mass is 9.92. The van der Waals surface area contributed by atoms with E-state index in [4.69, 9.17) is 5.73 Å². The maximum atomic E-state index is 11.0. The van der Waals surface area contributed by atoms with Crippen LogP contribution in [0.15, 0.2) is 24.3 Å². The van der Waals surface area contributed by atoms with E-state index in [0.717, 1.165) is 43.6 Å². The van der Waals surface area contributed by atoms with Gasteiger partial charge < -0.3 is 15.7 Å². The van der Waals surface area contributed by atoms with Gasteiger partial charge in [0.15, 0.2) is 0 Å². The number of nitrogens with two attached hydrogens (primary N) is 1. The fourth-order valence-electron chi connectivity index (χ4n) is 2.94. The van der Waals surface area contributed by atoms with Crippen LogP contribution < -0.4 is 10.6 Å². The van der Waals surface area contributed by atoms with Crippen molar-refractivity contribution in [3.63, 3.8) is 0 Å². The van der Waals surface area contributed by atoms with Gasteiger partial charge in [-0.05, 0) is 31.2 Å². The van der Waals surface area contributed by atoms with E-state index in [1.807, 2.05) is 25.1 Å². The molecule has 1 fully saturated rings. The monoisotopic (exact) mass is 276 g/mol. The number of aliphatic hydroxyl groups is 1. The molecule has 2 rings (SSSR count). The summed E-state index contributed by atoms with van der Waals surface area (Å²) in [5, 5.41) is 10.1. The molecule has 0 bridgehead atoms. The van der Waals surface area contributed by atoms with Crippen molar-refractivity contribution in [1.29, 1.82) is 0 Å². The molecule has 20 heavy (non-hydrogen) atoms. The zero-order valence-corrected chi connectivity index (χ0v) is 12.1. The van der Waals surface area contributed by atoms with Crippen molar-refractivity contribution < 1.29 is 9.90 Å². The molecule has 1 aromatic rings. The van der Waals surface area contributed by atoms with E-state index in [9.17, 15) is 9.90 Å². The molecule has 4 heteroatoms. The highest BCUT2D eigenvalue weighted by Gasteiger charge is 2.23. The number of hydrogen-bond donors (Lipinski definition) is 2. The quantitative estimate of drug-likeness (QED) is 0.866. The largest absolute Gasteiger partial charge is 0.388 e. The predicted molar refractivity (Wildman–Crippen MR) is 80.4 cm³/mol. The number of benzene rings is 1. The highest BCUT2D eigenvalue weighted by atomic mass is 16.3. The summed E-state index contributed by atoms with van der Waals surface area (Å²) in [6.07, 6.45) is 2.77. The molecule has 0 radical (unpaired) electrons. The average Bonchev–Trinajstić information content (AvgIpc) is 2.46. The molecule has 0 unspecified atom stereocenters. The number of hydrogen-bond acceptors (Lipinski definition) is 3. The van der Waals surface area contributed by atoms with Gasteiger partial charge in [0.25, 0.3) is 0 Å². The minimum atomic E-state index is -0.408. The molecule has 110 valence electrons. The Bertz CT molecular complexity index is 454. The Morgan fingerprint density at radius 3 is 2.65 bits per heavy atom. The van der Waals surface area contributed by atoms with Crippen molar-refractivity contribution in [3.05, 3.63) is 29.8 Å². The number of primary amides is 1.